The van der Waals surface area contributed by atoms with E-state index in [1.807, 2.05) is 0 Å². The van der Waals surface area contributed by atoms with Gasteiger partial charge in [-0.05, 0) is 39.2 Å². The molecule has 2 rings (SSSR count). The molecule has 2 N–H and O–H groups in total. The fourth-order valence-electron chi connectivity index (χ4n) is 4.18. The van der Waals surface area contributed by atoms with Crippen LogP contribution < -0.4 is 5.73 Å². The summed E-state index contributed by atoms with van der Waals surface area (Å²) in [6.07, 6.45) is 9.19. The van der Waals surface area contributed by atoms with Gasteiger partial charge in [0.1, 0.15) is 0 Å². The summed E-state index contributed by atoms with van der Waals surface area (Å²) in [7, 11) is 2.33. The van der Waals surface area contributed by atoms with Gasteiger partial charge in [0.05, 0.1) is 0 Å². The highest BCUT2D eigenvalue weighted by Gasteiger charge is 2.41. The zero-order chi connectivity index (χ0) is 13.9. The summed E-state index contributed by atoms with van der Waals surface area (Å²) in [5.74, 6) is 0. The van der Waals surface area contributed by atoms with Gasteiger partial charge in [-0.15, -0.1) is 0 Å². The second kappa shape index (κ2) is 6.55. The van der Waals surface area contributed by atoms with Crippen LogP contribution in [-0.4, -0.2) is 54.1 Å². The molecule has 0 spiro atoms. The van der Waals surface area contributed by atoms with Crippen LogP contribution in [0.2, 0.25) is 0 Å². The summed E-state index contributed by atoms with van der Waals surface area (Å²) < 4.78 is 0. The molecule has 3 atom stereocenters. The summed E-state index contributed by atoms with van der Waals surface area (Å²) in [6.45, 7) is 7.93. The Morgan fingerprint density at radius 3 is 2.53 bits per heavy atom. The fourth-order valence-corrected chi connectivity index (χ4v) is 4.18. The largest absolute Gasteiger partial charge is 0.329 e. The third kappa shape index (κ3) is 2.98. The molecule has 3 nitrogen and oxygen atoms in total. The third-order valence-electron chi connectivity index (χ3n) is 5.85. The van der Waals surface area contributed by atoms with Crippen LogP contribution in [0.4, 0.5) is 0 Å². The highest BCUT2D eigenvalue weighted by molar-refractivity contribution is 4.98. The van der Waals surface area contributed by atoms with Gasteiger partial charge >= 0.3 is 0 Å². The Labute approximate surface area is 119 Å². The molecule has 3 heteroatoms. The molecule has 2 fully saturated rings. The lowest BCUT2D eigenvalue weighted by atomic mass is 9.86. The van der Waals surface area contributed by atoms with Crippen molar-refractivity contribution in [3.8, 4) is 0 Å². The minimum atomic E-state index is 0.265. The van der Waals surface area contributed by atoms with Crippen LogP contribution in [0.1, 0.15) is 58.8 Å². The van der Waals surface area contributed by atoms with Crippen molar-refractivity contribution in [3.05, 3.63) is 0 Å². The van der Waals surface area contributed by atoms with Crippen LogP contribution in [0.5, 0.6) is 0 Å². The van der Waals surface area contributed by atoms with Gasteiger partial charge in [-0.1, -0.05) is 26.7 Å². The molecular weight excluding hydrogens is 234 g/mol. The lowest BCUT2D eigenvalue weighted by Gasteiger charge is -2.44. The molecule has 2 aliphatic heterocycles. The number of hydrogen-bond donors (Lipinski definition) is 1. The first-order valence-electron chi connectivity index (χ1n) is 8.34. The summed E-state index contributed by atoms with van der Waals surface area (Å²) in [6, 6.07) is 1.60. The van der Waals surface area contributed by atoms with Gasteiger partial charge in [0.25, 0.3) is 0 Å². The van der Waals surface area contributed by atoms with E-state index in [1.165, 1.54) is 58.0 Å². The van der Waals surface area contributed by atoms with Crippen molar-refractivity contribution in [1.82, 2.24) is 9.80 Å². The number of likely N-dealkylation sites (N-methyl/N-ethyl adjacent to an activating group) is 1. The zero-order valence-electron chi connectivity index (χ0n) is 13.2. The second-order valence-corrected chi connectivity index (χ2v) is 6.67. The summed E-state index contributed by atoms with van der Waals surface area (Å²) in [5, 5.41) is 0. The van der Waals surface area contributed by atoms with Crippen LogP contribution in [0.15, 0.2) is 0 Å². The SMILES string of the molecule is CCCCC(CC)(CN)N1CCC2CCC(C1)N2C. The Morgan fingerprint density at radius 1 is 1.16 bits per heavy atom. The van der Waals surface area contributed by atoms with E-state index < -0.39 is 0 Å². The van der Waals surface area contributed by atoms with Crippen molar-refractivity contribution < 1.29 is 0 Å². The lowest BCUT2D eigenvalue weighted by molar-refractivity contribution is 0.0683. The van der Waals surface area contributed by atoms with Gasteiger partial charge in [0.2, 0.25) is 0 Å². The third-order valence-corrected chi connectivity index (χ3v) is 5.85. The molecule has 2 saturated heterocycles. The topological polar surface area (TPSA) is 32.5 Å². The number of rotatable bonds is 6. The molecule has 0 radical (unpaired) electrons. The lowest BCUT2D eigenvalue weighted by Crippen LogP contribution is -2.56. The average Bonchev–Trinajstić information content (AvgIpc) is 2.66. The zero-order valence-corrected chi connectivity index (χ0v) is 13.2. The van der Waals surface area contributed by atoms with Gasteiger partial charge in [-0.2, -0.15) is 0 Å². The molecule has 0 aliphatic carbocycles. The maximum absolute atomic E-state index is 6.22. The van der Waals surface area contributed by atoms with Crippen molar-refractivity contribution in [2.75, 3.05) is 26.7 Å². The minimum absolute atomic E-state index is 0.265. The Kier molecular flexibility index (Phi) is 5.27. The van der Waals surface area contributed by atoms with E-state index >= 15 is 0 Å². The number of nitrogens with zero attached hydrogens (tertiary/aromatic N) is 2. The van der Waals surface area contributed by atoms with Crippen LogP contribution in [0.25, 0.3) is 0 Å². The second-order valence-electron chi connectivity index (χ2n) is 6.67. The van der Waals surface area contributed by atoms with Crippen LogP contribution in [0.3, 0.4) is 0 Å². The molecule has 112 valence electrons. The predicted molar refractivity (Wildman–Crippen MR) is 82.4 cm³/mol. The van der Waals surface area contributed by atoms with Gasteiger partial charge in [-0.25, -0.2) is 0 Å². The number of nitrogens with two attached hydrogens (primary N) is 1. The van der Waals surface area contributed by atoms with Crippen molar-refractivity contribution in [2.45, 2.75) is 76.4 Å². The van der Waals surface area contributed by atoms with Crippen LogP contribution in [-0.2, 0) is 0 Å². The summed E-state index contributed by atoms with van der Waals surface area (Å²) >= 11 is 0. The quantitative estimate of drug-likeness (QED) is 0.802. The molecule has 3 unspecified atom stereocenters. The fraction of sp³-hybridized carbons (Fsp3) is 1.00. The van der Waals surface area contributed by atoms with Crippen molar-refractivity contribution in [3.63, 3.8) is 0 Å². The monoisotopic (exact) mass is 267 g/mol. The number of likely N-dealkylation sites (tertiary alicyclic amines) is 1. The Morgan fingerprint density at radius 2 is 1.89 bits per heavy atom. The maximum atomic E-state index is 6.22. The number of unbranched alkanes of at least 4 members (excludes halogenated alkanes) is 1. The molecule has 0 saturated carbocycles. The van der Waals surface area contributed by atoms with Crippen molar-refractivity contribution >= 4 is 0 Å². The minimum Gasteiger partial charge on any atom is -0.329 e. The van der Waals surface area contributed by atoms with E-state index in [0.29, 0.717) is 0 Å². The Hall–Kier alpha value is -0.120. The molecule has 0 aromatic rings. The number of hydrogen-bond acceptors (Lipinski definition) is 3. The highest BCUT2D eigenvalue weighted by Crippen LogP contribution is 2.34. The van der Waals surface area contributed by atoms with Crippen LogP contribution >= 0.6 is 0 Å². The van der Waals surface area contributed by atoms with Gasteiger partial charge in [0, 0.05) is 37.3 Å². The number of fused-ring (bicyclic) bond motifs is 2. The average molecular weight is 267 g/mol. The Balaban J connectivity index is 2.09. The van der Waals surface area contributed by atoms with E-state index in [4.69, 9.17) is 5.73 Å². The van der Waals surface area contributed by atoms with E-state index in [0.717, 1.165) is 18.6 Å². The van der Waals surface area contributed by atoms with E-state index in [1.54, 1.807) is 0 Å². The first-order valence-corrected chi connectivity index (χ1v) is 8.34. The predicted octanol–water partition coefficient (Wildman–Crippen LogP) is 2.45. The molecule has 2 heterocycles. The molecule has 2 bridgehead atoms. The Bertz CT molecular complexity index is 275. The van der Waals surface area contributed by atoms with E-state index in [2.05, 4.69) is 30.7 Å². The van der Waals surface area contributed by atoms with Gasteiger partial charge < -0.3 is 5.73 Å². The van der Waals surface area contributed by atoms with Crippen molar-refractivity contribution in [2.24, 2.45) is 5.73 Å². The normalized spacial score (nSPS) is 32.2. The highest BCUT2D eigenvalue weighted by atomic mass is 15.3. The molecule has 2 aliphatic rings. The first kappa shape index (κ1) is 15.3. The first-order chi connectivity index (χ1) is 9.16. The standard InChI is InChI=1S/C16H33N3/c1-4-6-10-16(5-2,13-17)19-11-9-14-7-8-15(12-19)18(14)3/h14-15H,4-13,17H2,1-3H3. The molecule has 0 aromatic carbocycles. The van der Waals surface area contributed by atoms with E-state index in [-0.39, 0.29) is 5.54 Å². The molecular formula is C16H33N3. The van der Waals surface area contributed by atoms with Crippen LogP contribution in [0, 0.1) is 0 Å². The summed E-state index contributed by atoms with van der Waals surface area (Å²) in [5.41, 5.74) is 6.48. The summed E-state index contributed by atoms with van der Waals surface area (Å²) in [4.78, 5) is 5.39. The smallest absolute Gasteiger partial charge is 0.0329 e. The molecule has 0 amide bonds. The van der Waals surface area contributed by atoms with Crippen molar-refractivity contribution in [1.29, 1.82) is 0 Å². The maximum Gasteiger partial charge on any atom is 0.0329 e. The van der Waals surface area contributed by atoms with E-state index in [9.17, 15) is 0 Å². The molecule has 19 heavy (non-hydrogen) atoms. The van der Waals surface area contributed by atoms with Gasteiger partial charge in [0.15, 0.2) is 0 Å². The molecule has 0 aromatic heterocycles. The van der Waals surface area contributed by atoms with Gasteiger partial charge in [-0.3, -0.25) is 9.80 Å².